The molecule has 0 radical (unpaired) electrons. The number of hydrogen-bond donors (Lipinski definition) is 2. The number of anilines is 1. The lowest BCUT2D eigenvalue weighted by molar-refractivity contribution is -0.258. The molecule has 1 aliphatic heterocycles. The molecule has 1 aliphatic carbocycles. The van der Waals surface area contributed by atoms with Gasteiger partial charge in [0.25, 0.3) is 0 Å². The third-order valence-corrected chi connectivity index (χ3v) is 8.06. The van der Waals surface area contributed by atoms with Crippen molar-refractivity contribution in [2.75, 3.05) is 24.5 Å². The zero-order valence-electron chi connectivity index (χ0n) is 17.1. The first-order valence-corrected chi connectivity index (χ1v) is 11.5. The summed E-state index contributed by atoms with van der Waals surface area (Å²) in [5.74, 6) is 0. The zero-order chi connectivity index (χ0) is 23.2. The maximum absolute atomic E-state index is 13.1. The van der Waals surface area contributed by atoms with Crippen molar-refractivity contribution in [3.8, 4) is 0 Å². The van der Waals surface area contributed by atoms with E-state index in [1.54, 1.807) is 6.08 Å². The fraction of sp³-hybridized carbons (Fsp3) is 0.450. The van der Waals surface area contributed by atoms with E-state index in [4.69, 9.17) is 18.0 Å². The van der Waals surface area contributed by atoms with Crippen molar-refractivity contribution in [2.45, 2.75) is 38.1 Å². The minimum atomic E-state index is -4.80. The third kappa shape index (κ3) is 4.50. The Balaban J connectivity index is 1.76. The van der Waals surface area contributed by atoms with Crippen LogP contribution in [0.5, 0.6) is 0 Å². The molecule has 3 rings (SSSR count). The van der Waals surface area contributed by atoms with E-state index >= 15 is 0 Å². The number of nitrogens with two attached hydrogens (primary N) is 1. The Bertz CT molecular complexity index is 1030. The van der Waals surface area contributed by atoms with Gasteiger partial charge in [0.2, 0.25) is 10.0 Å². The molecule has 31 heavy (non-hydrogen) atoms. The molecule has 0 unspecified atom stereocenters. The second-order valence-corrected chi connectivity index (χ2v) is 10.3. The summed E-state index contributed by atoms with van der Waals surface area (Å²) >= 11 is 5.21. The SMILES string of the molecule is C[C@H]1CN(S(=O)(=O)C2=CC(N)=CCC2=S)CCN1c1ccc([C@@](C)(O)C(F)(F)F)cc1. The van der Waals surface area contributed by atoms with E-state index in [1.807, 2.05) is 11.8 Å². The van der Waals surface area contributed by atoms with Crippen molar-refractivity contribution in [1.82, 2.24) is 4.31 Å². The maximum Gasteiger partial charge on any atom is 0.421 e. The van der Waals surface area contributed by atoms with Gasteiger partial charge in [0, 0.05) is 48.3 Å². The first-order valence-electron chi connectivity index (χ1n) is 9.62. The van der Waals surface area contributed by atoms with E-state index in [0.717, 1.165) is 0 Å². The molecule has 1 aromatic rings. The third-order valence-electron chi connectivity index (χ3n) is 5.62. The Labute approximate surface area is 184 Å². The monoisotopic (exact) mass is 475 g/mol. The highest BCUT2D eigenvalue weighted by Gasteiger charge is 2.51. The van der Waals surface area contributed by atoms with Gasteiger partial charge in [-0.05, 0) is 37.6 Å². The van der Waals surface area contributed by atoms with Gasteiger partial charge in [-0.15, -0.1) is 0 Å². The molecule has 1 saturated heterocycles. The van der Waals surface area contributed by atoms with Crippen LogP contribution in [0.4, 0.5) is 18.9 Å². The number of halogens is 3. The average molecular weight is 476 g/mol. The molecule has 0 spiro atoms. The molecular formula is C20H24F3N3O3S2. The van der Waals surface area contributed by atoms with Gasteiger partial charge in [-0.1, -0.05) is 30.4 Å². The Morgan fingerprint density at radius 3 is 2.35 bits per heavy atom. The van der Waals surface area contributed by atoms with E-state index in [9.17, 15) is 26.7 Å². The van der Waals surface area contributed by atoms with Crippen molar-refractivity contribution in [3.63, 3.8) is 0 Å². The molecular weight excluding hydrogens is 451 g/mol. The molecule has 1 heterocycles. The number of piperazine rings is 1. The van der Waals surface area contributed by atoms with Crippen LogP contribution in [-0.2, 0) is 15.6 Å². The largest absolute Gasteiger partial charge is 0.421 e. The van der Waals surface area contributed by atoms with Crippen molar-refractivity contribution in [2.24, 2.45) is 5.73 Å². The normalized spacial score (nSPS) is 23.2. The van der Waals surface area contributed by atoms with Crippen LogP contribution in [0.2, 0.25) is 0 Å². The minimum absolute atomic E-state index is 0.0434. The van der Waals surface area contributed by atoms with Crippen LogP contribution in [0.1, 0.15) is 25.8 Å². The van der Waals surface area contributed by atoms with Gasteiger partial charge in [0.1, 0.15) is 0 Å². The van der Waals surface area contributed by atoms with Crippen LogP contribution >= 0.6 is 12.2 Å². The highest BCUT2D eigenvalue weighted by molar-refractivity contribution is 7.96. The van der Waals surface area contributed by atoms with Gasteiger partial charge in [-0.2, -0.15) is 17.5 Å². The van der Waals surface area contributed by atoms with Gasteiger partial charge in [0.15, 0.2) is 5.60 Å². The summed E-state index contributed by atoms with van der Waals surface area (Å²) in [7, 11) is -3.80. The molecule has 0 amide bonds. The lowest BCUT2D eigenvalue weighted by atomic mass is 9.95. The summed E-state index contributed by atoms with van der Waals surface area (Å²) in [6.45, 7) is 3.27. The number of alkyl halides is 3. The van der Waals surface area contributed by atoms with E-state index in [2.05, 4.69) is 0 Å². The van der Waals surface area contributed by atoms with E-state index in [1.165, 1.54) is 34.6 Å². The van der Waals surface area contributed by atoms with Crippen LogP contribution in [0.25, 0.3) is 0 Å². The number of thiocarbonyl (C=S) groups is 1. The van der Waals surface area contributed by atoms with E-state index < -0.39 is 21.8 Å². The summed E-state index contributed by atoms with van der Waals surface area (Å²) < 4.78 is 66.6. The Kier molecular flexibility index (Phi) is 6.27. The second kappa shape index (κ2) is 8.19. The fourth-order valence-electron chi connectivity index (χ4n) is 3.63. The smallest absolute Gasteiger partial charge is 0.399 e. The lowest BCUT2D eigenvalue weighted by Gasteiger charge is -2.41. The van der Waals surface area contributed by atoms with Gasteiger partial charge >= 0.3 is 6.18 Å². The van der Waals surface area contributed by atoms with Crippen molar-refractivity contribution in [1.29, 1.82) is 0 Å². The molecule has 0 aromatic heterocycles. The molecule has 6 nitrogen and oxygen atoms in total. The summed E-state index contributed by atoms with van der Waals surface area (Å²) in [4.78, 5) is 2.28. The zero-order valence-corrected chi connectivity index (χ0v) is 18.7. The molecule has 2 atom stereocenters. The molecule has 0 saturated carbocycles. The molecule has 1 aromatic carbocycles. The first-order chi connectivity index (χ1) is 14.2. The van der Waals surface area contributed by atoms with Crippen molar-refractivity contribution >= 4 is 32.8 Å². The molecule has 3 N–H and O–H groups in total. The number of benzene rings is 1. The average Bonchev–Trinajstić information content (AvgIpc) is 2.69. The van der Waals surface area contributed by atoms with Gasteiger partial charge < -0.3 is 15.7 Å². The van der Waals surface area contributed by atoms with Crippen molar-refractivity contribution < 1.29 is 26.7 Å². The van der Waals surface area contributed by atoms with Crippen LogP contribution in [0, 0.1) is 0 Å². The predicted octanol–water partition coefficient (Wildman–Crippen LogP) is 2.80. The van der Waals surface area contributed by atoms with E-state index in [0.29, 0.717) is 36.1 Å². The highest BCUT2D eigenvalue weighted by Crippen LogP contribution is 2.39. The highest BCUT2D eigenvalue weighted by atomic mass is 32.2. The quantitative estimate of drug-likeness (QED) is 0.652. The molecule has 0 bridgehead atoms. The molecule has 11 heteroatoms. The first kappa shape index (κ1) is 23.7. The van der Waals surface area contributed by atoms with Gasteiger partial charge in [-0.25, -0.2) is 8.42 Å². The Morgan fingerprint density at radius 1 is 1.19 bits per heavy atom. The number of allylic oxidation sites excluding steroid dienone is 3. The minimum Gasteiger partial charge on any atom is -0.399 e. The Morgan fingerprint density at radius 2 is 1.81 bits per heavy atom. The van der Waals surface area contributed by atoms with E-state index in [-0.39, 0.29) is 29.6 Å². The number of rotatable bonds is 4. The predicted molar refractivity (Wildman–Crippen MR) is 117 cm³/mol. The summed E-state index contributed by atoms with van der Waals surface area (Å²) in [6, 6.07) is 5.24. The molecule has 2 aliphatic rings. The Hall–Kier alpha value is -1.95. The fourth-order valence-corrected chi connectivity index (χ4v) is 5.75. The lowest BCUT2D eigenvalue weighted by Crippen LogP contribution is -2.54. The standard InChI is InChI=1S/C20H24F3N3O3S2/c1-13-12-25(31(28,29)18-11-15(24)5-8-17(18)30)9-10-26(13)16-6-3-14(4-7-16)19(2,27)20(21,22)23/h3-7,11,13,27H,8-10,12,24H2,1-2H3/t13-,19+/m0/s1. The molecule has 170 valence electrons. The topological polar surface area (TPSA) is 86.9 Å². The maximum atomic E-state index is 13.1. The number of sulfonamides is 1. The molecule has 1 fully saturated rings. The van der Waals surface area contributed by atoms with Crippen LogP contribution < -0.4 is 10.6 Å². The summed E-state index contributed by atoms with van der Waals surface area (Å²) in [6.07, 6.45) is -1.45. The van der Waals surface area contributed by atoms with Crippen LogP contribution in [0.15, 0.2) is 47.0 Å². The van der Waals surface area contributed by atoms with Crippen LogP contribution in [0.3, 0.4) is 0 Å². The van der Waals surface area contributed by atoms with Crippen molar-refractivity contribution in [3.05, 3.63) is 52.6 Å². The summed E-state index contributed by atoms with van der Waals surface area (Å²) in [5, 5.41) is 9.82. The van der Waals surface area contributed by atoms with Gasteiger partial charge in [-0.3, -0.25) is 0 Å². The van der Waals surface area contributed by atoms with Crippen LogP contribution in [-0.4, -0.2) is 54.5 Å². The number of nitrogens with zero attached hydrogens (tertiary/aromatic N) is 2. The summed E-state index contributed by atoms with van der Waals surface area (Å²) in [5.41, 5.74) is 3.54. The number of hydrogen-bond acceptors (Lipinski definition) is 6. The number of aliphatic hydroxyl groups is 1. The van der Waals surface area contributed by atoms with Gasteiger partial charge in [0.05, 0.1) is 4.91 Å². The second-order valence-electron chi connectivity index (χ2n) is 7.86.